The van der Waals surface area contributed by atoms with Crippen LogP contribution in [-0.4, -0.2) is 122 Å². The van der Waals surface area contributed by atoms with E-state index in [0.717, 1.165) is 23.2 Å². The minimum absolute atomic E-state index is 0.207. The van der Waals surface area contributed by atoms with Crippen molar-refractivity contribution in [3.05, 3.63) is 53.6 Å². The normalized spacial score (nSPS) is 23.1. The Hall–Kier alpha value is -2.61. The lowest BCUT2D eigenvalue weighted by Crippen LogP contribution is -2.60. The van der Waals surface area contributed by atoms with Crippen LogP contribution >= 0.6 is 0 Å². The van der Waals surface area contributed by atoms with Gasteiger partial charge >= 0.3 is 0 Å². The third kappa shape index (κ3) is 8.95. The van der Waals surface area contributed by atoms with Gasteiger partial charge in [-0.3, -0.25) is 4.79 Å². The fourth-order valence-electron chi connectivity index (χ4n) is 4.00. The molecule has 3 rings (SSSR count). The van der Waals surface area contributed by atoms with Gasteiger partial charge in [0.05, 0.1) is 33.0 Å². The number of benzene rings is 2. The molecule has 5 N–H and O–H groups in total. The van der Waals surface area contributed by atoms with Crippen LogP contribution in [0.1, 0.15) is 15.9 Å². The van der Waals surface area contributed by atoms with Crippen LogP contribution in [0.15, 0.2) is 42.5 Å². The van der Waals surface area contributed by atoms with Gasteiger partial charge < -0.3 is 49.6 Å². The van der Waals surface area contributed by atoms with Crippen LogP contribution in [0.4, 0.5) is 0 Å². The summed E-state index contributed by atoms with van der Waals surface area (Å²) in [7, 11) is 3.97. The largest absolute Gasteiger partial charge is 0.462 e. The van der Waals surface area contributed by atoms with E-state index in [0.29, 0.717) is 44.3 Å². The zero-order valence-corrected chi connectivity index (χ0v) is 22.7. The summed E-state index contributed by atoms with van der Waals surface area (Å²) in [5.74, 6) is 0.196. The summed E-state index contributed by atoms with van der Waals surface area (Å²) in [6.07, 6.45) is -6.79. The molecule has 0 aromatic heterocycles. The third-order valence-corrected chi connectivity index (χ3v) is 6.31. The molecular formula is C28H40N2O9. The van der Waals surface area contributed by atoms with E-state index in [-0.39, 0.29) is 5.91 Å². The molecule has 1 aliphatic rings. The number of hydrogen-bond acceptors (Lipinski definition) is 10. The van der Waals surface area contributed by atoms with Crippen molar-refractivity contribution in [1.29, 1.82) is 0 Å². The van der Waals surface area contributed by atoms with E-state index in [1.807, 2.05) is 38.1 Å². The highest BCUT2D eigenvalue weighted by molar-refractivity contribution is 5.95. The maximum Gasteiger partial charge on any atom is 0.251 e. The summed E-state index contributed by atoms with van der Waals surface area (Å²) in [6.45, 7) is 4.52. The predicted molar refractivity (Wildman–Crippen MR) is 144 cm³/mol. The van der Waals surface area contributed by atoms with E-state index >= 15 is 0 Å². The number of hydrogen-bond donors (Lipinski definition) is 5. The van der Waals surface area contributed by atoms with Gasteiger partial charge in [-0.25, -0.2) is 0 Å². The van der Waals surface area contributed by atoms with Gasteiger partial charge in [0.15, 0.2) is 0 Å². The molecule has 0 spiro atoms. The Balaban J connectivity index is 1.52. The smallest absolute Gasteiger partial charge is 0.251 e. The van der Waals surface area contributed by atoms with E-state index in [9.17, 15) is 25.2 Å². The first-order valence-corrected chi connectivity index (χ1v) is 13.0. The molecule has 11 nitrogen and oxygen atoms in total. The minimum atomic E-state index is -1.52. The van der Waals surface area contributed by atoms with Crippen LogP contribution in [0.2, 0.25) is 0 Å². The third-order valence-electron chi connectivity index (χ3n) is 6.31. The van der Waals surface area contributed by atoms with E-state index in [1.165, 1.54) is 0 Å². The van der Waals surface area contributed by atoms with Crippen molar-refractivity contribution < 1.29 is 44.2 Å². The molecule has 1 amide bonds. The first-order valence-electron chi connectivity index (χ1n) is 13.0. The second kappa shape index (κ2) is 15.2. The zero-order chi connectivity index (χ0) is 28.4. The van der Waals surface area contributed by atoms with Gasteiger partial charge in [0.25, 0.3) is 5.91 Å². The van der Waals surface area contributed by atoms with Crippen molar-refractivity contribution >= 4 is 5.91 Å². The van der Waals surface area contributed by atoms with Crippen LogP contribution in [0.25, 0.3) is 11.1 Å². The van der Waals surface area contributed by atoms with Gasteiger partial charge in [-0.05, 0) is 62.0 Å². The lowest BCUT2D eigenvalue weighted by Gasteiger charge is -2.39. The molecule has 1 heterocycles. The first-order chi connectivity index (χ1) is 18.7. The quantitative estimate of drug-likeness (QED) is 0.207. The number of aryl methyl sites for hydroxylation is 1. The molecule has 0 bridgehead atoms. The zero-order valence-electron chi connectivity index (χ0n) is 22.7. The summed E-state index contributed by atoms with van der Waals surface area (Å²) < 4.78 is 22.2. The molecule has 2 aromatic rings. The number of ether oxygens (including phenoxy) is 4. The SMILES string of the molecule is Cc1cc(-c2cccc(C(=O)NCCOCCOCCN(C)C)c2)ccc1O[C@H]1OC(CO)[C@@H](O)C(O)C1O. The maximum atomic E-state index is 12.6. The number of carbonyl (C=O) groups excluding carboxylic acids is 1. The molecule has 0 saturated carbocycles. The molecule has 2 aromatic carbocycles. The molecule has 0 radical (unpaired) electrons. The van der Waals surface area contributed by atoms with Crippen molar-refractivity contribution in [1.82, 2.24) is 10.2 Å². The van der Waals surface area contributed by atoms with Crippen molar-refractivity contribution in [2.75, 3.05) is 60.2 Å². The number of aliphatic hydroxyl groups is 4. The number of nitrogens with zero attached hydrogens (tertiary/aromatic N) is 1. The molecule has 3 unspecified atom stereocenters. The molecule has 39 heavy (non-hydrogen) atoms. The predicted octanol–water partition coefficient (Wildman–Crippen LogP) is 0.165. The summed E-state index contributed by atoms with van der Waals surface area (Å²) in [6, 6.07) is 12.6. The molecule has 0 aliphatic carbocycles. The Morgan fingerprint density at radius 2 is 1.67 bits per heavy atom. The molecule has 1 fully saturated rings. The van der Waals surface area contributed by atoms with Crippen LogP contribution in [0.5, 0.6) is 5.75 Å². The summed E-state index contributed by atoms with van der Waals surface area (Å²) in [5, 5.41) is 42.4. The monoisotopic (exact) mass is 548 g/mol. The second-order valence-electron chi connectivity index (χ2n) is 9.66. The average Bonchev–Trinajstić information content (AvgIpc) is 2.93. The Kier molecular flexibility index (Phi) is 12.1. The fraction of sp³-hybridized carbons (Fsp3) is 0.536. The molecule has 1 aliphatic heterocycles. The maximum absolute atomic E-state index is 12.6. The number of amides is 1. The highest BCUT2D eigenvalue weighted by Crippen LogP contribution is 2.30. The first kappa shape index (κ1) is 30.9. The Morgan fingerprint density at radius 1 is 0.949 bits per heavy atom. The molecule has 1 saturated heterocycles. The van der Waals surface area contributed by atoms with Gasteiger partial charge in [-0.15, -0.1) is 0 Å². The lowest BCUT2D eigenvalue weighted by molar-refractivity contribution is -0.277. The van der Waals surface area contributed by atoms with Crippen LogP contribution in [-0.2, 0) is 14.2 Å². The van der Waals surface area contributed by atoms with E-state index in [1.54, 1.807) is 30.3 Å². The molecule has 5 atom stereocenters. The summed E-state index contributed by atoms with van der Waals surface area (Å²) in [5.41, 5.74) is 2.91. The second-order valence-corrected chi connectivity index (χ2v) is 9.66. The minimum Gasteiger partial charge on any atom is -0.462 e. The fourth-order valence-corrected chi connectivity index (χ4v) is 4.00. The van der Waals surface area contributed by atoms with Crippen LogP contribution in [0.3, 0.4) is 0 Å². The van der Waals surface area contributed by atoms with Crippen molar-refractivity contribution in [2.24, 2.45) is 0 Å². The van der Waals surface area contributed by atoms with Crippen molar-refractivity contribution in [2.45, 2.75) is 37.6 Å². The van der Waals surface area contributed by atoms with Gasteiger partial charge in [0.1, 0.15) is 30.2 Å². The number of likely N-dealkylation sites (N-methyl/N-ethyl adjacent to an activating group) is 1. The van der Waals surface area contributed by atoms with Gasteiger partial charge in [0, 0.05) is 18.7 Å². The Bertz CT molecular complexity index is 1050. The van der Waals surface area contributed by atoms with E-state index in [4.69, 9.17) is 18.9 Å². The average molecular weight is 549 g/mol. The van der Waals surface area contributed by atoms with Gasteiger partial charge in [0.2, 0.25) is 6.29 Å². The number of nitrogens with one attached hydrogen (secondary N) is 1. The van der Waals surface area contributed by atoms with E-state index < -0.39 is 37.3 Å². The molecular weight excluding hydrogens is 508 g/mol. The highest BCUT2D eigenvalue weighted by Gasteiger charge is 2.44. The lowest BCUT2D eigenvalue weighted by atomic mass is 9.99. The van der Waals surface area contributed by atoms with Crippen LogP contribution in [0, 0.1) is 6.92 Å². The molecule has 216 valence electrons. The summed E-state index contributed by atoms with van der Waals surface area (Å²) in [4.78, 5) is 14.7. The highest BCUT2D eigenvalue weighted by atomic mass is 16.7. The number of aliphatic hydroxyl groups excluding tert-OH is 4. The topological polar surface area (TPSA) is 150 Å². The molecule has 11 heteroatoms. The Morgan fingerprint density at radius 3 is 2.36 bits per heavy atom. The number of carbonyl (C=O) groups is 1. The van der Waals surface area contributed by atoms with E-state index in [2.05, 4.69) is 5.32 Å². The summed E-state index contributed by atoms with van der Waals surface area (Å²) >= 11 is 0. The van der Waals surface area contributed by atoms with Gasteiger partial charge in [-0.1, -0.05) is 18.2 Å². The number of rotatable bonds is 14. The van der Waals surface area contributed by atoms with Crippen molar-refractivity contribution in [3.8, 4) is 16.9 Å². The van der Waals surface area contributed by atoms with Gasteiger partial charge in [-0.2, -0.15) is 0 Å². The standard InChI is InChI=1S/C28H40N2O9/c1-18-15-20(7-8-22(18)38-28-26(34)25(33)24(32)23(17-31)39-28)19-5-4-6-21(16-19)27(35)29-9-11-36-13-14-37-12-10-30(2)3/h4-8,15-16,23-26,28,31-34H,9-14,17H2,1-3H3,(H,29,35)/t23?,24-,25?,26?,28+/m1/s1. The Labute approximate surface area is 228 Å². The van der Waals surface area contributed by atoms with Crippen molar-refractivity contribution in [3.63, 3.8) is 0 Å². The van der Waals surface area contributed by atoms with Crippen LogP contribution < -0.4 is 10.1 Å².